The average molecular weight is 362 g/mol. The van der Waals surface area contributed by atoms with Crippen LogP contribution < -0.4 is 15.4 Å². The lowest BCUT2D eigenvalue weighted by Crippen LogP contribution is -2.49. The third-order valence-corrected chi connectivity index (χ3v) is 4.17. The molecule has 0 radical (unpaired) electrons. The molecule has 1 amide bonds. The second-order valence-corrected chi connectivity index (χ2v) is 6.33. The Morgan fingerprint density at radius 1 is 1.60 bits per heavy atom. The fourth-order valence-corrected chi connectivity index (χ4v) is 2.94. The number of carbonyl (C=O) groups excluding carboxylic acids is 1. The molecule has 6 heteroatoms. The van der Waals surface area contributed by atoms with Crippen LogP contribution in [0.15, 0.2) is 22.7 Å². The number of carbonyl (C=O) groups is 1. The van der Waals surface area contributed by atoms with E-state index in [0.29, 0.717) is 16.7 Å². The smallest absolute Gasteiger partial charge is 0.258 e. The Hall–Kier alpha value is -0.780. The molecule has 1 aliphatic heterocycles. The minimum atomic E-state index is -0.109. The Kier molecular flexibility index (Phi) is 5.69. The van der Waals surface area contributed by atoms with Crippen molar-refractivity contribution in [3.05, 3.63) is 27.7 Å². The molecule has 4 nitrogen and oxygen atoms in total. The van der Waals surface area contributed by atoms with E-state index in [9.17, 15) is 4.79 Å². The summed E-state index contributed by atoms with van der Waals surface area (Å²) in [7, 11) is 0. The molecule has 1 heterocycles. The summed E-state index contributed by atoms with van der Waals surface area (Å²) in [4.78, 5) is 11.9. The van der Waals surface area contributed by atoms with Gasteiger partial charge in [0.05, 0.1) is 5.02 Å². The lowest BCUT2D eigenvalue weighted by Gasteiger charge is -2.30. The van der Waals surface area contributed by atoms with E-state index < -0.39 is 0 Å². The Labute approximate surface area is 132 Å². The number of amides is 1. The minimum Gasteiger partial charge on any atom is -0.482 e. The van der Waals surface area contributed by atoms with Crippen molar-refractivity contribution in [2.24, 2.45) is 5.92 Å². The predicted octanol–water partition coefficient (Wildman–Crippen LogP) is 2.60. The number of benzene rings is 1. The molecule has 0 bridgehead atoms. The highest BCUT2D eigenvalue weighted by Crippen LogP contribution is 2.27. The van der Waals surface area contributed by atoms with Crippen LogP contribution in [0.3, 0.4) is 0 Å². The quantitative estimate of drug-likeness (QED) is 0.867. The Morgan fingerprint density at radius 2 is 2.40 bits per heavy atom. The highest BCUT2D eigenvalue weighted by atomic mass is 79.9. The van der Waals surface area contributed by atoms with Crippen LogP contribution in [0.5, 0.6) is 5.75 Å². The summed E-state index contributed by atoms with van der Waals surface area (Å²) >= 11 is 9.36. The van der Waals surface area contributed by atoms with E-state index in [2.05, 4.69) is 33.5 Å². The fraction of sp³-hybridized carbons (Fsp3) is 0.500. The number of ether oxygens (including phenoxy) is 1. The zero-order valence-electron chi connectivity index (χ0n) is 11.3. The van der Waals surface area contributed by atoms with Crippen molar-refractivity contribution in [2.75, 3.05) is 19.7 Å². The minimum absolute atomic E-state index is 0.0159. The first-order valence-corrected chi connectivity index (χ1v) is 7.81. The molecule has 0 aromatic heterocycles. The first-order chi connectivity index (χ1) is 9.56. The second-order valence-electron chi connectivity index (χ2n) is 5.01. The van der Waals surface area contributed by atoms with Gasteiger partial charge >= 0.3 is 0 Å². The van der Waals surface area contributed by atoms with Gasteiger partial charge in [-0.05, 0) is 43.6 Å². The molecule has 1 saturated heterocycles. The number of rotatable bonds is 4. The second kappa shape index (κ2) is 7.29. The Balaban J connectivity index is 1.82. The molecule has 1 aliphatic rings. The first kappa shape index (κ1) is 15.6. The Morgan fingerprint density at radius 3 is 3.10 bits per heavy atom. The lowest BCUT2D eigenvalue weighted by molar-refractivity contribution is -0.124. The number of piperidine rings is 1. The van der Waals surface area contributed by atoms with Gasteiger partial charge in [-0.2, -0.15) is 0 Å². The topological polar surface area (TPSA) is 50.4 Å². The molecular formula is C14H18BrClN2O2. The molecule has 0 aliphatic carbocycles. The van der Waals surface area contributed by atoms with Gasteiger partial charge in [0, 0.05) is 10.5 Å². The standard InChI is InChI=1S/C14H18BrClN2O2/c1-9-7-17-5-4-12(9)18-14(19)8-20-13-3-2-10(15)6-11(13)16/h2-3,6,9,12,17H,4-5,7-8H2,1H3,(H,18,19). The van der Waals surface area contributed by atoms with Gasteiger partial charge in [-0.15, -0.1) is 0 Å². The summed E-state index contributed by atoms with van der Waals surface area (Å²) in [5.74, 6) is 0.843. The molecule has 2 rings (SSSR count). The molecular weight excluding hydrogens is 344 g/mol. The van der Waals surface area contributed by atoms with Crippen molar-refractivity contribution in [2.45, 2.75) is 19.4 Å². The van der Waals surface area contributed by atoms with Gasteiger partial charge in [0.25, 0.3) is 5.91 Å². The lowest BCUT2D eigenvalue weighted by atomic mass is 9.95. The average Bonchev–Trinajstić information content (AvgIpc) is 2.40. The van der Waals surface area contributed by atoms with Crippen LogP contribution >= 0.6 is 27.5 Å². The van der Waals surface area contributed by atoms with Crippen LogP contribution in [-0.4, -0.2) is 31.6 Å². The summed E-state index contributed by atoms with van der Waals surface area (Å²) in [6.07, 6.45) is 0.950. The normalized spacial score (nSPS) is 22.4. The molecule has 1 aromatic carbocycles. The van der Waals surface area contributed by atoms with Gasteiger partial charge in [-0.3, -0.25) is 4.79 Å². The molecule has 0 saturated carbocycles. The predicted molar refractivity (Wildman–Crippen MR) is 83.2 cm³/mol. The summed E-state index contributed by atoms with van der Waals surface area (Å²) in [6, 6.07) is 5.53. The molecule has 20 heavy (non-hydrogen) atoms. The van der Waals surface area contributed by atoms with E-state index in [-0.39, 0.29) is 18.6 Å². The monoisotopic (exact) mass is 360 g/mol. The van der Waals surface area contributed by atoms with E-state index in [1.54, 1.807) is 12.1 Å². The third kappa shape index (κ3) is 4.36. The number of halogens is 2. The zero-order chi connectivity index (χ0) is 14.5. The van der Waals surface area contributed by atoms with E-state index in [0.717, 1.165) is 24.0 Å². The molecule has 1 aromatic rings. The van der Waals surface area contributed by atoms with E-state index in [4.69, 9.17) is 16.3 Å². The maximum absolute atomic E-state index is 11.9. The number of hydrogen-bond acceptors (Lipinski definition) is 3. The van der Waals surface area contributed by atoms with Crippen molar-refractivity contribution >= 4 is 33.4 Å². The van der Waals surface area contributed by atoms with Crippen LogP contribution in [0.1, 0.15) is 13.3 Å². The van der Waals surface area contributed by atoms with Gasteiger partial charge in [-0.25, -0.2) is 0 Å². The SMILES string of the molecule is CC1CNCCC1NC(=O)COc1ccc(Br)cc1Cl. The summed E-state index contributed by atoms with van der Waals surface area (Å²) in [5, 5.41) is 6.81. The third-order valence-electron chi connectivity index (χ3n) is 3.38. The Bertz CT molecular complexity index is 484. The van der Waals surface area contributed by atoms with Crippen LogP contribution in [-0.2, 0) is 4.79 Å². The molecule has 2 unspecified atom stereocenters. The molecule has 2 atom stereocenters. The number of hydrogen-bond donors (Lipinski definition) is 2. The number of nitrogens with one attached hydrogen (secondary N) is 2. The van der Waals surface area contributed by atoms with Gasteiger partial charge in [0.15, 0.2) is 6.61 Å². The highest BCUT2D eigenvalue weighted by molar-refractivity contribution is 9.10. The molecule has 1 fully saturated rings. The largest absolute Gasteiger partial charge is 0.482 e. The highest BCUT2D eigenvalue weighted by Gasteiger charge is 2.22. The van der Waals surface area contributed by atoms with Crippen LogP contribution in [0.2, 0.25) is 5.02 Å². The van der Waals surface area contributed by atoms with Crippen molar-refractivity contribution < 1.29 is 9.53 Å². The molecule has 0 spiro atoms. The van der Waals surface area contributed by atoms with Gasteiger partial charge in [-0.1, -0.05) is 34.5 Å². The summed E-state index contributed by atoms with van der Waals surface area (Å²) in [6.45, 7) is 3.99. The van der Waals surface area contributed by atoms with Crippen LogP contribution in [0, 0.1) is 5.92 Å². The van der Waals surface area contributed by atoms with Crippen molar-refractivity contribution in [3.63, 3.8) is 0 Å². The van der Waals surface area contributed by atoms with E-state index in [1.165, 1.54) is 0 Å². The van der Waals surface area contributed by atoms with Crippen molar-refractivity contribution in [1.82, 2.24) is 10.6 Å². The fourth-order valence-electron chi connectivity index (χ4n) is 2.21. The maximum atomic E-state index is 11.9. The van der Waals surface area contributed by atoms with Crippen LogP contribution in [0.4, 0.5) is 0 Å². The molecule has 2 N–H and O–H groups in total. The van der Waals surface area contributed by atoms with Gasteiger partial charge in [0.1, 0.15) is 5.75 Å². The van der Waals surface area contributed by atoms with Crippen molar-refractivity contribution in [1.29, 1.82) is 0 Å². The first-order valence-electron chi connectivity index (χ1n) is 6.64. The molecule has 110 valence electrons. The van der Waals surface area contributed by atoms with E-state index >= 15 is 0 Å². The van der Waals surface area contributed by atoms with Gasteiger partial charge < -0.3 is 15.4 Å². The zero-order valence-corrected chi connectivity index (χ0v) is 13.6. The van der Waals surface area contributed by atoms with Crippen molar-refractivity contribution in [3.8, 4) is 5.75 Å². The van der Waals surface area contributed by atoms with Gasteiger partial charge in [0.2, 0.25) is 0 Å². The maximum Gasteiger partial charge on any atom is 0.258 e. The summed E-state index contributed by atoms with van der Waals surface area (Å²) in [5.41, 5.74) is 0. The van der Waals surface area contributed by atoms with E-state index in [1.807, 2.05) is 6.07 Å². The summed E-state index contributed by atoms with van der Waals surface area (Å²) < 4.78 is 6.33. The van der Waals surface area contributed by atoms with Crippen LogP contribution in [0.25, 0.3) is 0 Å².